The number of aromatic nitrogens is 2. The van der Waals surface area contributed by atoms with Crippen molar-refractivity contribution in [2.45, 2.75) is 0 Å². The van der Waals surface area contributed by atoms with Crippen molar-refractivity contribution in [3.8, 4) is 33.6 Å². The number of nitrogens with zero attached hydrogens (tertiary/aromatic N) is 2. The molecule has 2 aromatic heterocycles. The number of hydrogen-bond donors (Lipinski definition) is 0. The van der Waals surface area contributed by atoms with Crippen LogP contribution in [0.2, 0.25) is 0 Å². The lowest BCUT2D eigenvalue weighted by Crippen LogP contribution is -1.97. The van der Waals surface area contributed by atoms with Gasteiger partial charge in [0.05, 0.1) is 22.1 Å². The maximum absolute atomic E-state index is 2.49. The predicted molar refractivity (Wildman–Crippen MR) is 203 cm³/mol. The minimum Gasteiger partial charge on any atom is -0.309 e. The molecule has 2 nitrogen and oxygen atoms in total. The molecule has 0 radical (unpaired) electrons. The van der Waals surface area contributed by atoms with Gasteiger partial charge in [-0.05, 0) is 76.2 Å². The molecule has 2 heteroatoms. The Morgan fingerprint density at radius 1 is 0.271 bits per heavy atom. The second-order valence-electron chi connectivity index (χ2n) is 12.6. The molecule has 0 atom stereocenters. The number of benzene rings is 8. The lowest BCUT2D eigenvalue weighted by molar-refractivity contribution is 1.18. The van der Waals surface area contributed by atoms with Crippen molar-refractivity contribution < 1.29 is 0 Å². The van der Waals surface area contributed by atoms with E-state index in [2.05, 4.69) is 191 Å². The molecule has 2 heterocycles. The Kier molecular flexibility index (Phi) is 5.91. The van der Waals surface area contributed by atoms with Crippen LogP contribution in [0.15, 0.2) is 182 Å². The zero-order chi connectivity index (χ0) is 31.6. The van der Waals surface area contributed by atoms with Crippen LogP contribution in [0.5, 0.6) is 0 Å². The van der Waals surface area contributed by atoms with Gasteiger partial charge in [0, 0.05) is 38.3 Å². The third-order valence-corrected chi connectivity index (χ3v) is 9.87. The van der Waals surface area contributed by atoms with E-state index in [4.69, 9.17) is 0 Å². The molecule has 0 aliphatic rings. The number of hydrogen-bond acceptors (Lipinski definition) is 0. The molecule has 48 heavy (non-hydrogen) atoms. The van der Waals surface area contributed by atoms with Gasteiger partial charge in [0.1, 0.15) is 0 Å². The quantitative estimate of drug-likeness (QED) is 0.188. The smallest absolute Gasteiger partial charge is 0.0619 e. The lowest BCUT2D eigenvalue weighted by atomic mass is 9.97. The van der Waals surface area contributed by atoms with Crippen LogP contribution in [0.3, 0.4) is 0 Å². The van der Waals surface area contributed by atoms with Crippen molar-refractivity contribution >= 4 is 54.4 Å². The third kappa shape index (κ3) is 4.00. The summed E-state index contributed by atoms with van der Waals surface area (Å²) in [5.41, 5.74) is 12.0. The van der Waals surface area contributed by atoms with Gasteiger partial charge in [-0.2, -0.15) is 0 Å². The van der Waals surface area contributed by atoms with Crippen molar-refractivity contribution in [3.63, 3.8) is 0 Å². The van der Waals surface area contributed by atoms with Gasteiger partial charge in [-0.1, -0.05) is 133 Å². The first-order valence-corrected chi connectivity index (χ1v) is 16.5. The van der Waals surface area contributed by atoms with Crippen molar-refractivity contribution in [2.24, 2.45) is 0 Å². The van der Waals surface area contributed by atoms with Crippen LogP contribution in [0.1, 0.15) is 0 Å². The molecule has 0 bridgehead atoms. The van der Waals surface area contributed by atoms with Gasteiger partial charge in [-0.15, -0.1) is 0 Å². The van der Waals surface area contributed by atoms with E-state index in [9.17, 15) is 0 Å². The van der Waals surface area contributed by atoms with Gasteiger partial charge in [0.25, 0.3) is 0 Å². The Balaban J connectivity index is 1.34. The molecule has 8 aromatic carbocycles. The molecule has 10 aromatic rings. The van der Waals surface area contributed by atoms with E-state index >= 15 is 0 Å². The molecule has 0 unspecified atom stereocenters. The number of rotatable bonds is 4. The van der Waals surface area contributed by atoms with Crippen molar-refractivity contribution in [2.75, 3.05) is 0 Å². The van der Waals surface area contributed by atoms with E-state index in [1.165, 1.54) is 82.3 Å². The van der Waals surface area contributed by atoms with Crippen LogP contribution in [0, 0.1) is 0 Å². The fourth-order valence-corrected chi connectivity index (χ4v) is 7.79. The van der Waals surface area contributed by atoms with E-state index in [0.717, 1.165) is 5.69 Å². The summed E-state index contributed by atoms with van der Waals surface area (Å²) in [6.07, 6.45) is 0. The topological polar surface area (TPSA) is 9.86 Å². The molecule has 224 valence electrons. The van der Waals surface area contributed by atoms with Gasteiger partial charge >= 0.3 is 0 Å². The maximum Gasteiger partial charge on any atom is 0.0619 e. The SMILES string of the molecule is c1ccc(-c2cc(-c3ccccc3)cc(-n3c4ccccc4c4ccc5c(ccc6c5c5ccccc5n6-c5ccccc5)c43)c2)cc1. The van der Waals surface area contributed by atoms with Crippen LogP contribution < -0.4 is 0 Å². The molecule has 0 saturated carbocycles. The summed E-state index contributed by atoms with van der Waals surface area (Å²) in [5, 5.41) is 7.58. The average Bonchev–Trinajstić information content (AvgIpc) is 3.69. The molecule has 0 spiro atoms. The van der Waals surface area contributed by atoms with Gasteiger partial charge in [-0.25, -0.2) is 0 Å². The first-order chi connectivity index (χ1) is 23.8. The van der Waals surface area contributed by atoms with Gasteiger partial charge in [0.15, 0.2) is 0 Å². The minimum atomic E-state index is 1.15. The maximum atomic E-state index is 2.49. The first kappa shape index (κ1) is 26.8. The summed E-state index contributed by atoms with van der Waals surface area (Å²) >= 11 is 0. The van der Waals surface area contributed by atoms with E-state index in [-0.39, 0.29) is 0 Å². The summed E-state index contributed by atoms with van der Waals surface area (Å²) in [4.78, 5) is 0. The molecular formula is C46H30N2. The van der Waals surface area contributed by atoms with Gasteiger partial charge < -0.3 is 9.13 Å². The highest BCUT2D eigenvalue weighted by Crippen LogP contribution is 2.43. The zero-order valence-corrected chi connectivity index (χ0v) is 26.2. The summed E-state index contributed by atoms with van der Waals surface area (Å²) in [6.45, 7) is 0. The number of fused-ring (bicyclic) bond motifs is 9. The summed E-state index contributed by atoms with van der Waals surface area (Å²) in [5.74, 6) is 0. The normalized spacial score (nSPS) is 11.8. The van der Waals surface area contributed by atoms with Crippen molar-refractivity contribution in [3.05, 3.63) is 182 Å². The van der Waals surface area contributed by atoms with Gasteiger partial charge in [0.2, 0.25) is 0 Å². The predicted octanol–water partition coefficient (Wildman–Crippen LogP) is 12.4. The molecule has 10 rings (SSSR count). The molecule has 0 aliphatic heterocycles. The van der Waals surface area contributed by atoms with Crippen LogP contribution in [0.25, 0.3) is 88.0 Å². The number of para-hydroxylation sites is 3. The Morgan fingerprint density at radius 3 is 1.44 bits per heavy atom. The lowest BCUT2D eigenvalue weighted by Gasteiger charge is -2.15. The molecule has 0 N–H and O–H groups in total. The Bertz CT molecular complexity index is 2750. The molecule has 0 fully saturated rings. The molecule has 0 amide bonds. The largest absolute Gasteiger partial charge is 0.309 e. The monoisotopic (exact) mass is 610 g/mol. The van der Waals surface area contributed by atoms with E-state index in [0.29, 0.717) is 0 Å². The van der Waals surface area contributed by atoms with Crippen molar-refractivity contribution in [1.82, 2.24) is 9.13 Å². The molecular weight excluding hydrogens is 581 g/mol. The zero-order valence-electron chi connectivity index (χ0n) is 26.2. The fraction of sp³-hybridized carbons (Fsp3) is 0. The first-order valence-electron chi connectivity index (χ1n) is 16.5. The highest BCUT2D eigenvalue weighted by molar-refractivity contribution is 6.28. The summed E-state index contributed by atoms with van der Waals surface area (Å²) in [7, 11) is 0. The fourth-order valence-electron chi connectivity index (χ4n) is 7.79. The molecule has 0 saturated heterocycles. The van der Waals surface area contributed by atoms with Crippen LogP contribution in [0.4, 0.5) is 0 Å². The van der Waals surface area contributed by atoms with Crippen molar-refractivity contribution in [1.29, 1.82) is 0 Å². The third-order valence-electron chi connectivity index (χ3n) is 9.87. The second kappa shape index (κ2) is 10.6. The standard InChI is InChI=1S/C46H30N2/c1-4-14-31(15-5-1)33-28-34(32-16-6-2-7-17-32)30-36(29-33)48-42-22-12-10-20-37(42)39-25-24-38-40(46(39)48)26-27-44-45(38)41-21-11-13-23-43(41)47(44)35-18-8-3-9-19-35/h1-30H. The second-order valence-corrected chi connectivity index (χ2v) is 12.6. The van der Waals surface area contributed by atoms with E-state index in [1.807, 2.05) is 0 Å². The van der Waals surface area contributed by atoms with Crippen LogP contribution >= 0.6 is 0 Å². The Labute approximate surface area is 278 Å². The van der Waals surface area contributed by atoms with E-state index in [1.54, 1.807) is 0 Å². The minimum absolute atomic E-state index is 1.15. The van der Waals surface area contributed by atoms with Gasteiger partial charge in [-0.3, -0.25) is 0 Å². The summed E-state index contributed by atoms with van der Waals surface area (Å²) < 4.78 is 4.90. The van der Waals surface area contributed by atoms with Crippen LogP contribution in [-0.2, 0) is 0 Å². The average molecular weight is 611 g/mol. The molecule has 0 aliphatic carbocycles. The van der Waals surface area contributed by atoms with Crippen LogP contribution in [-0.4, -0.2) is 9.13 Å². The highest BCUT2D eigenvalue weighted by Gasteiger charge is 2.20. The summed E-state index contributed by atoms with van der Waals surface area (Å²) in [6, 6.07) is 66.2. The Hall–Kier alpha value is -6.38. The van der Waals surface area contributed by atoms with E-state index < -0.39 is 0 Å². The Morgan fingerprint density at radius 2 is 0.771 bits per heavy atom. The highest BCUT2D eigenvalue weighted by atomic mass is 15.0.